The molecule has 0 N–H and O–H groups in total. The molecule has 102 valence electrons. The van der Waals surface area contributed by atoms with Gasteiger partial charge in [0.15, 0.2) is 0 Å². The van der Waals surface area contributed by atoms with Crippen LogP contribution in [0.4, 0.5) is 0 Å². The molecule has 6 heteroatoms. The zero-order valence-corrected chi connectivity index (χ0v) is 11.9. The molecule has 0 unspecified atom stereocenters. The molecule has 0 saturated heterocycles. The molecule has 1 aromatic rings. The molecule has 0 aromatic carbocycles. The molecule has 1 rings (SSSR count). The summed E-state index contributed by atoms with van der Waals surface area (Å²) in [5.41, 5.74) is 0. The Balaban J connectivity index is 2.47. The molecule has 0 atom stereocenters. The summed E-state index contributed by atoms with van der Waals surface area (Å²) in [6.45, 7) is 5.63. The van der Waals surface area contributed by atoms with Gasteiger partial charge in [-0.2, -0.15) is 0 Å². The topological polar surface area (TPSA) is 54.3 Å². The van der Waals surface area contributed by atoms with Gasteiger partial charge >= 0.3 is 0 Å². The first-order valence-electron chi connectivity index (χ1n) is 6.19. The lowest BCUT2D eigenvalue weighted by Crippen LogP contribution is -2.28. The minimum absolute atomic E-state index is 0.146. The highest BCUT2D eigenvalue weighted by Gasteiger charge is 2.11. The van der Waals surface area contributed by atoms with Crippen LogP contribution < -0.4 is 0 Å². The third-order valence-electron chi connectivity index (χ3n) is 2.82. The van der Waals surface area contributed by atoms with Gasteiger partial charge in [0.05, 0.1) is 6.54 Å². The SMILES string of the molecule is CC(C)n1cnnc1CN(C)CCC(=O)N(C)C. The van der Waals surface area contributed by atoms with Crippen molar-refractivity contribution in [3.05, 3.63) is 12.2 Å². The van der Waals surface area contributed by atoms with Gasteiger partial charge in [-0.3, -0.25) is 9.69 Å². The van der Waals surface area contributed by atoms with Crippen LogP contribution in [0.15, 0.2) is 6.33 Å². The zero-order chi connectivity index (χ0) is 13.7. The number of hydrogen-bond acceptors (Lipinski definition) is 4. The van der Waals surface area contributed by atoms with Gasteiger partial charge in [-0.15, -0.1) is 10.2 Å². The summed E-state index contributed by atoms with van der Waals surface area (Å²) in [6.07, 6.45) is 2.28. The minimum Gasteiger partial charge on any atom is -0.349 e. The van der Waals surface area contributed by atoms with E-state index in [4.69, 9.17) is 0 Å². The molecule has 0 aliphatic rings. The lowest BCUT2D eigenvalue weighted by Gasteiger charge is -2.18. The first-order valence-corrected chi connectivity index (χ1v) is 6.19. The van der Waals surface area contributed by atoms with Crippen LogP contribution in [0.3, 0.4) is 0 Å². The monoisotopic (exact) mass is 253 g/mol. The Morgan fingerprint density at radius 1 is 1.39 bits per heavy atom. The average Bonchev–Trinajstić information content (AvgIpc) is 2.73. The fourth-order valence-corrected chi connectivity index (χ4v) is 1.64. The van der Waals surface area contributed by atoms with Crippen molar-refractivity contribution in [1.82, 2.24) is 24.6 Å². The van der Waals surface area contributed by atoms with Gasteiger partial charge in [0, 0.05) is 33.1 Å². The Morgan fingerprint density at radius 2 is 2.06 bits per heavy atom. The van der Waals surface area contributed by atoms with Crippen LogP contribution in [0.25, 0.3) is 0 Å². The molecule has 0 aliphatic heterocycles. The average molecular weight is 253 g/mol. The maximum Gasteiger partial charge on any atom is 0.223 e. The molecule has 0 fully saturated rings. The van der Waals surface area contributed by atoms with Crippen LogP contribution in [0.1, 0.15) is 32.1 Å². The van der Waals surface area contributed by atoms with E-state index < -0.39 is 0 Å². The number of hydrogen-bond donors (Lipinski definition) is 0. The number of rotatable bonds is 6. The van der Waals surface area contributed by atoms with Crippen molar-refractivity contribution in [2.75, 3.05) is 27.7 Å². The van der Waals surface area contributed by atoms with Gasteiger partial charge in [-0.25, -0.2) is 0 Å². The summed E-state index contributed by atoms with van der Waals surface area (Å²) < 4.78 is 2.05. The van der Waals surface area contributed by atoms with Crippen molar-refractivity contribution >= 4 is 5.91 Å². The van der Waals surface area contributed by atoms with Crippen molar-refractivity contribution in [2.24, 2.45) is 0 Å². The van der Waals surface area contributed by atoms with Gasteiger partial charge in [0.1, 0.15) is 12.2 Å². The third kappa shape index (κ3) is 4.10. The van der Waals surface area contributed by atoms with E-state index >= 15 is 0 Å². The normalized spacial score (nSPS) is 11.3. The molecule has 0 saturated carbocycles. The van der Waals surface area contributed by atoms with Crippen molar-refractivity contribution in [3.63, 3.8) is 0 Å². The molecule has 1 aromatic heterocycles. The van der Waals surface area contributed by atoms with E-state index in [2.05, 4.69) is 28.9 Å². The smallest absolute Gasteiger partial charge is 0.223 e. The molecule has 1 amide bonds. The predicted molar refractivity (Wildman–Crippen MR) is 70.1 cm³/mol. The summed E-state index contributed by atoms with van der Waals surface area (Å²) in [4.78, 5) is 15.2. The highest BCUT2D eigenvalue weighted by Crippen LogP contribution is 2.08. The van der Waals surface area contributed by atoms with Gasteiger partial charge in [0.25, 0.3) is 0 Å². The maximum atomic E-state index is 11.5. The fraction of sp³-hybridized carbons (Fsp3) is 0.750. The summed E-state index contributed by atoms with van der Waals surface area (Å²) >= 11 is 0. The Morgan fingerprint density at radius 3 is 2.61 bits per heavy atom. The summed E-state index contributed by atoms with van der Waals surface area (Å²) in [5, 5.41) is 8.05. The number of carbonyl (C=O) groups is 1. The van der Waals surface area contributed by atoms with Gasteiger partial charge < -0.3 is 9.47 Å². The molecule has 0 bridgehead atoms. The van der Waals surface area contributed by atoms with Gasteiger partial charge in [-0.05, 0) is 20.9 Å². The zero-order valence-electron chi connectivity index (χ0n) is 11.9. The van der Waals surface area contributed by atoms with Crippen molar-refractivity contribution in [1.29, 1.82) is 0 Å². The van der Waals surface area contributed by atoms with Crippen LogP contribution in [0, 0.1) is 0 Å². The number of carbonyl (C=O) groups excluding carboxylic acids is 1. The van der Waals surface area contributed by atoms with Crippen LogP contribution >= 0.6 is 0 Å². The maximum absolute atomic E-state index is 11.5. The summed E-state index contributed by atoms with van der Waals surface area (Å²) in [7, 11) is 5.54. The second kappa shape index (κ2) is 6.49. The van der Waals surface area contributed by atoms with E-state index in [1.165, 1.54) is 0 Å². The second-order valence-electron chi connectivity index (χ2n) is 5.02. The first-order chi connectivity index (χ1) is 8.41. The van der Waals surface area contributed by atoms with E-state index in [1.807, 2.05) is 11.6 Å². The van der Waals surface area contributed by atoms with Gasteiger partial charge in [-0.1, -0.05) is 0 Å². The predicted octanol–water partition coefficient (Wildman–Crippen LogP) is 0.769. The Labute approximate surface area is 109 Å². The third-order valence-corrected chi connectivity index (χ3v) is 2.82. The first kappa shape index (κ1) is 14.6. The van der Waals surface area contributed by atoms with E-state index in [1.54, 1.807) is 25.3 Å². The fourth-order valence-electron chi connectivity index (χ4n) is 1.64. The molecule has 1 heterocycles. The molecule has 0 aliphatic carbocycles. The molecule has 0 spiro atoms. The number of nitrogens with zero attached hydrogens (tertiary/aromatic N) is 5. The van der Waals surface area contributed by atoms with Crippen LogP contribution in [0.2, 0.25) is 0 Å². The molecular formula is C12H23N5O. The van der Waals surface area contributed by atoms with E-state index in [-0.39, 0.29) is 5.91 Å². The van der Waals surface area contributed by atoms with E-state index in [0.29, 0.717) is 19.0 Å². The molecular weight excluding hydrogens is 230 g/mol. The quantitative estimate of drug-likeness (QED) is 0.751. The lowest BCUT2D eigenvalue weighted by atomic mass is 10.3. The van der Waals surface area contributed by atoms with Crippen LogP contribution in [0.5, 0.6) is 0 Å². The number of amides is 1. The number of aromatic nitrogens is 3. The molecule has 6 nitrogen and oxygen atoms in total. The Kier molecular flexibility index (Phi) is 5.27. The molecule has 18 heavy (non-hydrogen) atoms. The summed E-state index contributed by atoms with van der Waals surface area (Å²) in [6, 6.07) is 0.354. The van der Waals surface area contributed by atoms with E-state index in [9.17, 15) is 4.79 Å². The minimum atomic E-state index is 0.146. The molecule has 0 radical (unpaired) electrons. The lowest BCUT2D eigenvalue weighted by molar-refractivity contribution is -0.129. The largest absolute Gasteiger partial charge is 0.349 e. The van der Waals surface area contributed by atoms with E-state index in [0.717, 1.165) is 12.4 Å². The Hall–Kier alpha value is -1.43. The van der Waals surface area contributed by atoms with Crippen LogP contribution in [-0.4, -0.2) is 58.2 Å². The highest BCUT2D eigenvalue weighted by atomic mass is 16.2. The highest BCUT2D eigenvalue weighted by molar-refractivity contribution is 5.75. The Bertz CT molecular complexity index is 386. The second-order valence-corrected chi connectivity index (χ2v) is 5.02. The van der Waals surface area contributed by atoms with Crippen molar-refractivity contribution in [2.45, 2.75) is 32.9 Å². The van der Waals surface area contributed by atoms with Crippen molar-refractivity contribution in [3.8, 4) is 0 Å². The standard InChI is InChI=1S/C12H23N5O/c1-10(2)17-9-13-14-11(17)8-16(5)7-6-12(18)15(3)4/h9-10H,6-8H2,1-5H3. The summed E-state index contributed by atoms with van der Waals surface area (Å²) in [5.74, 6) is 1.08. The van der Waals surface area contributed by atoms with Crippen LogP contribution in [-0.2, 0) is 11.3 Å². The van der Waals surface area contributed by atoms with Gasteiger partial charge in [0.2, 0.25) is 5.91 Å². The van der Waals surface area contributed by atoms with Crippen molar-refractivity contribution < 1.29 is 4.79 Å².